The lowest BCUT2D eigenvalue weighted by Gasteiger charge is -2.29. The number of hydrogen-bond acceptors (Lipinski definition) is 2. The van der Waals surface area contributed by atoms with E-state index in [1.54, 1.807) is 7.11 Å². The van der Waals surface area contributed by atoms with E-state index in [1.165, 1.54) is 5.56 Å². The van der Waals surface area contributed by atoms with E-state index in [9.17, 15) is 0 Å². The van der Waals surface area contributed by atoms with Gasteiger partial charge in [0.25, 0.3) is 0 Å². The van der Waals surface area contributed by atoms with Crippen LogP contribution >= 0.6 is 0 Å². The minimum atomic E-state index is -0.141. The van der Waals surface area contributed by atoms with E-state index >= 15 is 0 Å². The molecule has 1 heterocycles. The van der Waals surface area contributed by atoms with E-state index in [4.69, 9.17) is 9.47 Å². The Bertz CT molecular complexity index is 823. The Kier molecular flexibility index (Phi) is 3.08. The molecule has 2 nitrogen and oxygen atoms in total. The van der Waals surface area contributed by atoms with Crippen molar-refractivity contribution in [1.82, 2.24) is 0 Å². The summed E-state index contributed by atoms with van der Waals surface area (Å²) in [5.41, 5.74) is 4.54. The minimum absolute atomic E-state index is 0.141. The molecule has 0 spiro atoms. The molecule has 4 rings (SSSR count). The molecule has 0 saturated heterocycles. The zero-order valence-electron chi connectivity index (χ0n) is 12.2. The minimum Gasteiger partial charge on any atom is -0.497 e. The Morgan fingerprint density at radius 1 is 1.00 bits per heavy atom. The predicted octanol–water partition coefficient (Wildman–Crippen LogP) is 4.64. The SMILES string of the molecule is COc1cccc(C2Oc3ccccc3-c3cc[c]cc32)c1. The largest absolute Gasteiger partial charge is 0.497 e. The van der Waals surface area contributed by atoms with Crippen molar-refractivity contribution < 1.29 is 9.47 Å². The highest BCUT2D eigenvalue weighted by molar-refractivity contribution is 5.76. The molecule has 0 fully saturated rings. The highest BCUT2D eigenvalue weighted by atomic mass is 16.5. The van der Waals surface area contributed by atoms with Crippen LogP contribution in [-0.2, 0) is 0 Å². The summed E-state index contributed by atoms with van der Waals surface area (Å²) < 4.78 is 11.6. The van der Waals surface area contributed by atoms with Crippen LogP contribution in [0.3, 0.4) is 0 Å². The van der Waals surface area contributed by atoms with Gasteiger partial charge in [-0.25, -0.2) is 0 Å². The number of methoxy groups -OCH3 is 1. The van der Waals surface area contributed by atoms with Gasteiger partial charge in [0, 0.05) is 16.7 Å². The standard InChI is InChI=1S/C20H15O2/c1-21-15-8-6-7-14(13-15)20-18-11-3-2-9-16(18)17-10-4-5-12-19(17)22-20/h2,4-13,20H,1H3. The normalized spacial score (nSPS) is 15.4. The van der Waals surface area contributed by atoms with E-state index in [1.807, 2.05) is 48.5 Å². The zero-order chi connectivity index (χ0) is 14.9. The van der Waals surface area contributed by atoms with Crippen LogP contribution in [-0.4, -0.2) is 7.11 Å². The van der Waals surface area contributed by atoms with Crippen LogP contribution < -0.4 is 9.47 Å². The molecule has 1 aliphatic rings. The summed E-state index contributed by atoms with van der Waals surface area (Å²) in [7, 11) is 1.68. The second kappa shape index (κ2) is 5.23. The first-order chi connectivity index (χ1) is 10.9. The first-order valence-corrected chi connectivity index (χ1v) is 7.27. The van der Waals surface area contributed by atoms with E-state index in [0.717, 1.165) is 28.2 Å². The van der Waals surface area contributed by atoms with Crippen LogP contribution in [0.25, 0.3) is 11.1 Å². The lowest BCUT2D eigenvalue weighted by molar-refractivity contribution is 0.243. The number of ether oxygens (including phenoxy) is 2. The highest BCUT2D eigenvalue weighted by Crippen LogP contribution is 2.44. The summed E-state index contributed by atoms with van der Waals surface area (Å²) in [6, 6.07) is 25.4. The molecule has 2 heteroatoms. The van der Waals surface area contributed by atoms with Crippen LogP contribution in [0, 0.1) is 6.07 Å². The van der Waals surface area contributed by atoms with Crippen molar-refractivity contribution in [3.8, 4) is 22.6 Å². The fraction of sp³-hybridized carbons (Fsp3) is 0.100. The first kappa shape index (κ1) is 13.0. The van der Waals surface area contributed by atoms with Gasteiger partial charge in [0.1, 0.15) is 17.6 Å². The van der Waals surface area contributed by atoms with Crippen molar-refractivity contribution in [3.05, 3.63) is 83.9 Å². The Balaban J connectivity index is 1.89. The van der Waals surface area contributed by atoms with E-state index in [0.29, 0.717) is 0 Å². The molecule has 107 valence electrons. The van der Waals surface area contributed by atoms with Gasteiger partial charge in [-0.3, -0.25) is 0 Å². The molecule has 0 aliphatic carbocycles. The average molecular weight is 287 g/mol. The molecule has 3 aromatic rings. The van der Waals surface area contributed by atoms with Crippen molar-refractivity contribution >= 4 is 0 Å². The molecule has 1 radical (unpaired) electrons. The highest BCUT2D eigenvalue weighted by Gasteiger charge is 2.26. The molecule has 22 heavy (non-hydrogen) atoms. The van der Waals surface area contributed by atoms with Gasteiger partial charge in [0.2, 0.25) is 0 Å². The van der Waals surface area contributed by atoms with E-state index in [-0.39, 0.29) is 6.10 Å². The van der Waals surface area contributed by atoms with Gasteiger partial charge >= 0.3 is 0 Å². The molecule has 0 N–H and O–H groups in total. The fourth-order valence-electron chi connectivity index (χ4n) is 2.94. The van der Waals surface area contributed by atoms with Crippen LogP contribution in [0.5, 0.6) is 11.5 Å². The van der Waals surface area contributed by atoms with Gasteiger partial charge in [-0.05, 0) is 35.9 Å². The summed E-state index contributed by atoms with van der Waals surface area (Å²) in [5.74, 6) is 1.75. The summed E-state index contributed by atoms with van der Waals surface area (Å²) in [5, 5.41) is 0. The van der Waals surface area contributed by atoms with Gasteiger partial charge < -0.3 is 9.47 Å². The van der Waals surface area contributed by atoms with E-state index < -0.39 is 0 Å². The van der Waals surface area contributed by atoms with E-state index in [2.05, 4.69) is 24.3 Å². The third-order valence-corrected chi connectivity index (χ3v) is 4.00. The number of benzene rings is 3. The van der Waals surface area contributed by atoms with Gasteiger partial charge in [-0.2, -0.15) is 0 Å². The Morgan fingerprint density at radius 2 is 1.91 bits per heavy atom. The summed E-state index contributed by atoms with van der Waals surface area (Å²) >= 11 is 0. The predicted molar refractivity (Wildman–Crippen MR) is 86.2 cm³/mol. The molecule has 0 saturated carbocycles. The van der Waals surface area contributed by atoms with Crippen LogP contribution in [0.1, 0.15) is 17.2 Å². The molecule has 0 amide bonds. The Labute approximate surface area is 129 Å². The molecule has 0 bridgehead atoms. The van der Waals surface area contributed by atoms with Crippen molar-refractivity contribution in [2.45, 2.75) is 6.10 Å². The average Bonchev–Trinajstić information content (AvgIpc) is 2.61. The second-order valence-corrected chi connectivity index (χ2v) is 5.28. The monoisotopic (exact) mass is 287 g/mol. The van der Waals surface area contributed by atoms with Crippen molar-refractivity contribution in [1.29, 1.82) is 0 Å². The number of fused-ring (bicyclic) bond motifs is 3. The molecule has 1 atom stereocenters. The quantitative estimate of drug-likeness (QED) is 0.683. The smallest absolute Gasteiger partial charge is 0.150 e. The molecule has 3 aromatic carbocycles. The summed E-state index contributed by atoms with van der Waals surface area (Å²) in [6.45, 7) is 0. The summed E-state index contributed by atoms with van der Waals surface area (Å²) in [4.78, 5) is 0. The molecular formula is C20H15O2. The van der Waals surface area contributed by atoms with Crippen molar-refractivity contribution in [3.63, 3.8) is 0 Å². The summed E-state index contributed by atoms with van der Waals surface area (Å²) in [6.07, 6.45) is -0.141. The first-order valence-electron chi connectivity index (χ1n) is 7.27. The Morgan fingerprint density at radius 3 is 2.82 bits per heavy atom. The topological polar surface area (TPSA) is 18.5 Å². The van der Waals surface area contributed by atoms with Gasteiger partial charge in [0.15, 0.2) is 0 Å². The molecule has 0 aromatic heterocycles. The van der Waals surface area contributed by atoms with Crippen LogP contribution in [0.15, 0.2) is 66.7 Å². The molecule has 1 aliphatic heterocycles. The number of para-hydroxylation sites is 1. The number of rotatable bonds is 2. The van der Waals surface area contributed by atoms with Crippen LogP contribution in [0.4, 0.5) is 0 Å². The lowest BCUT2D eigenvalue weighted by Crippen LogP contribution is -2.15. The van der Waals surface area contributed by atoms with Crippen molar-refractivity contribution in [2.75, 3.05) is 7.11 Å². The van der Waals surface area contributed by atoms with Crippen LogP contribution in [0.2, 0.25) is 0 Å². The zero-order valence-corrected chi connectivity index (χ0v) is 12.2. The molecular weight excluding hydrogens is 272 g/mol. The fourth-order valence-corrected chi connectivity index (χ4v) is 2.94. The van der Waals surface area contributed by atoms with Gasteiger partial charge in [-0.15, -0.1) is 0 Å². The maximum Gasteiger partial charge on any atom is 0.150 e. The molecule has 1 unspecified atom stereocenters. The third-order valence-electron chi connectivity index (χ3n) is 4.00. The van der Waals surface area contributed by atoms with Crippen molar-refractivity contribution in [2.24, 2.45) is 0 Å². The van der Waals surface area contributed by atoms with Gasteiger partial charge in [-0.1, -0.05) is 42.5 Å². The maximum atomic E-state index is 6.27. The van der Waals surface area contributed by atoms with Gasteiger partial charge in [0.05, 0.1) is 7.11 Å². The number of hydrogen-bond donors (Lipinski definition) is 0. The lowest BCUT2D eigenvalue weighted by atomic mass is 9.90. The Hall–Kier alpha value is -2.74. The second-order valence-electron chi connectivity index (χ2n) is 5.28. The third kappa shape index (κ3) is 2.04. The maximum absolute atomic E-state index is 6.27.